The van der Waals surface area contributed by atoms with E-state index in [4.69, 9.17) is 28.4 Å². The first-order valence-electron chi connectivity index (χ1n) is 16.8. The van der Waals surface area contributed by atoms with Crippen molar-refractivity contribution in [1.82, 2.24) is 5.32 Å². The predicted octanol–water partition coefficient (Wildman–Crippen LogP) is 5.62. The number of amides is 1. The van der Waals surface area contributed by atoms with Crippen LogP contribution in [0.3, 0.4) is 0 Å². The Morgan fingerprint density at radius 1 is 0.576 bits per heavy atom. The fourth-order valence-corrected chi connectivity index (χ4v) is 4.94. The van der Waals surface area contributed by atoms with E-state index in [1.54, 1.807) is 0 Å². The van der Waals surface area contributed by atoms with E-state index in [1.165, 1.54) is 105 Å². The molecule has 23 heteroatoms. The normalized spacial score (nSPS) is 11.4. The highest BCUT2D eigenvalue weighted by atomic mass is 17.0. The largest absolute Gasteiger partial charge is 0.519 e. The molecule has 0 fully saturated rings. The Hall–Kier alpha value is -8.24. The molecule has 4 aromatic rings. The number of nitrogens with one attached hydrogen (secondary N) is 1. The smallest absolute Gasteiger partial charge is 0.464 e. The second-order valence-electron chi connectivity index (χ2n) is 11.9. The maximum absolute atomic E-state index is 13.3. The van der Waals surface area contributed by atoms with Gasteiger partial charge in [0, 0.05) is 6.42 Å². The molecule has 0 aromatic heterocycles. The Bertz CT molecular complexity index is 2200. The fraction of sp³-hybridized carbons (Fsp3) is 0.222. The van der Waals surface area contributed by atoms with Crippen LogP contribution in [0.25, 0.3) is 0 Å². The monoisotopic (exact) mass is 824 g/mol. The van der Waals surface area contributed by atoms with E-state index in [0.717, 1.165) is 0 Å². The third-order valence-electron chi connectivity index (χ3n) is 7.37. The predicted molar refractivity (Wildman–Crippen MR) is 192 cm³/mol. The standard InChI is InChI=1S/C36H32N4O19/c1-3-51-32(41)36(2,37-33(42)55-27-10-4-7-24(15-27)20-52-38(45)46)19-23-13-14-30(58-34(43)56-28-11-5-8-25(16-28)21-53-39(47)48)31(18-23)59-35(44)57-29-12-6-9-26(17-29)22-54-40(49)50/h4-18H,3,19-22H2,1-2H3,(H,37,42). The molecule has 0 aliphatic rings. The third kappa shape index (κ3) is 14.4. The van der Waals surface area contributed by atoms with E-state index in [1.807, 2.05) is 0 Å². The molecule has 0 heterocycles. The molecule has 0 saturated carbocycles. The Morgan fingerprint density at radius 2 is 1.02 bits per heavy atom. The van der Waals surface area contributed by atoms with Crippen LogP contribution < -0.4 is 29.0 Å². The summed E-state index contributed by atoms with van der Waals surface area (Å²) in [5.74, 6) is -2.06. The number of carbonyl (C=O) groups is 4. The molecular weight excluding hydrogens is 792 g/mol. The average molecular weight is 825 g/mol. The van der Waals surface area contributed by atoms with Crippen LogP contribution in [0.1, 0.15) is 36.1 Å². The second kappa shape index (κ2) is 20.6. The fourth-order valence-electron chi connectivity index (χ4n) is 4.94. The van der Waals surface area contributed by atoms with Gasteiger partial charge in [0.1, 0.15) is 42.6 Å². The van der Waals surface area contributed by atoms with Gasteiger partial charge < -0.3 is 48.3 Å². The van der Waals surface area contributed by atoms with Crippen molar-refractivity contribution in [2.45, 2.75) is 45.6 Å². The molecule has 0 saturated heterocycles. The lowest BCUT2D eigenvalue weighted by molar-refractivity contribution is -0.763. The molecule has 4 rings (SSSR count). The first-order chi connectivity index (χ1) is 28.1. The SMILES string of the molecule is CCOC(=O)C(C)(Cc1ccc(OC(=O)Oc2cccc(CO[N+](=O)[O-])c2)c(OC(=O)Oc2cccc(CO[N+](=O)[O-])c2)c1)NC(=O)Oc1cccc(CO[N+](=O)[O-])c1. The molecule has 0 radical (unpaired) electrons. The molecule has 4 aromatic carbocycles. The molecule has 0 spiro atoms. The van der Waals surface area contributed by atoms with Gasteiger partial charge in [0.2, 0.25) is 0 Å². The van der Waals surface area contributed by atoms with Crippen LogP contribution in [-0.2, 0) is 50.3 Å². The average Bonchev–Trinajstić information content (AvgIpc) is 3.17. The van der Waals surface area contributed by atoms with Crippen molar-refractivity contribution in [3.05, 3.63) is 144 Å². The topological polar surface area (TPSA) is 293 Å². The van der Waals surface area contributed by atoms with Crippen molar-refractivity contribution in [3.63, 3.8) is 0 Å². The summed E-state index contributed by atoms with van der Waals surface area (Å²) in [4.78, 5) is 97.0. The highest BCUT2D eigenvalue weighted by molar-refractivity contribution is 5.86. The quantitative estimate of drug-likeness (QED) is 0.0519. The van der Waals surface area contributed by atoms with Crippen molar-refractivity contribution in [3.8, 4) is 28.7 Å². The van der Waals surface area contributed by atoms with E-state index in [9.17, 15) is 49.5 Å². The molecule has 59 heavy (non-hydrogen) atoms. The Kier molecular flexibility index (Phi) is 15.2. The lowest BCUT2D eigenvalue weighted by Crippen LogP contribution is -2.55. The van der Waals surface area contributed by atoms with Gasteiger partial charge in [0.15, 0.2) is 11.5 Å². The number of rotatable bonds is 19. The van der Waals surface area contributed by atoms with Crippen LogP contribution in [0.15, 0.2) is 91.0 Å². The highest BCUT2D eigenvalue weighted by Crippen LogP contribution is 2.32. The molecule has 1 unspecified atom stereocenters. The van der Waals surface area contributed by atoms with Gasteiger partial charge in [-0.05, 0) is 84.6 Å². The van der Waals surface area contributed by atoms with Crippen LogP contribution in [-0.4, -0.2) is 51.8 Å². The molecule has 0 bridgehead atoms. The Balaban J connectivity index is 1.59. The summed E-state index contributed by atoms with van der Waals surface area (Å²) < 4.78 is 31.6. The number of esters is 1. The van der Waals surface area contributed by atoms with Gasteiger partial charge >= 0.3 is 24.4 Å². The van der Waals surface area contributed by atoms with Gasteiger partial charge in [0.25, 0.3) is 15.3 Å². The summed E-state index contributed by atoms with van der Waals surface area (Å²) in [5.41, 5.74) is -0.856. The Morgan fingerprint density at radius 3 is 1.46 bits per heavy atom. The number of hydrogen-bond donors (Lipinski definition) is 1. The van der Waals surface area contributed by atoms with E-state index in [-0.39, 0.29) is 47.0 Å². The van der Waals surface area contributed by atoms with Crippen molar-refractivity contribution in [2.75, 3.05) is 6.61 Å². The van der Waals surface area contributed by atoms with Gasteiger partial charge in [-0.2, -0.15) is 0 Å². The molecule has 1 atom stereocenters. The molecule has 310 valence electrons. The van der Waals surface area contributed by atoms with Crippen LogP contribution >= 0.6 is 0 Å². The minimum atomic E-state index is -1.87. The van der Waals surface area contributed by atoms with Gasteiger partial charge in [-0.3, -0.25) is 0 Å². The van der Waals surface area contributed by atoms with Gasteiger partial charge in [0.05, 0.1) is 6.61 Å². The zero-order chi connectivity index (χ0) is 43.0. The number of benzene rings is 4. The maximum atomic E-state index is 13.3. The molecule has 23 nitrogen and oxygen atoms in total. The lowest BCUT2D eigenvalue weighted by atomic mass is 9.92. The number of hydrogen-bond acceptors (Lipinski definition) is 19. The summed E-state index contributed by atoms with van der Waals surface area (Å²) in [6.45, 7) is 1.41. The molecule has 1 amide bonds. The summed E-state index contributed by atoms with van der Waals surface area (Å²) in [7, 11) is 0. The van der Waals surface area contributed by atoms with Gasteiger partial charge in [-0.15, -0.1) is 30.3 Å². The molecule has 0 aliphatic heterocycles. The molecular formula is C36H32N4O19. The van der Waals surface area contributed by atoms with E-state index in [2.05, 4.69) is 19.8 Å². The number of nitrogens with zero attached hydrogens (tertiary/aromatic N) is 3. The van der Waals surface area contributed by atoms with Gasteiger partial charge in [-0.1, -0.05) is 42.5 Å². The molecule has 1 N–H and O–H groups in total. The zero-order valence-corrected chi connectivity index (χ0v) is 30.8. The number of ether oxygens (including phenoxy) is 6. The highest BCUT2D eigenvalue weighted by Gasteiger charge is 2.38. The second-order valence-corrected chi connectivity index (χ2v) is 11.9. The number of carbonyl (C=O) groups excluding carboxylic acids is 4. The minimum Gasteiger partial charge on any atom is -0.464 e. The van der Waals surface area contributed by atoms with Crippen LogP contribution in [0, 0.1) is 30.3 Å². The van der Waals surface area contributed by atoms with Crippen molar-refractivity contribution in [1.29, 1.82) is 0 Å². The molecule has 0 aliphatic carbocycles. The van der Waals surface area contributed by atoms with Crippen molar-refractivity contribution in [2.24, 2.45) is 0 Å². The lowest BCUT2D eigenvalue weighted by Gasteiger charge is -2.28. The summed E-state index contributed by atoms with van der Waals surface area (Å²) >= 11 is 0. The first kappa shape index (κ1) is 43.5. The van der Waals surface area contributed by atoms with Crippen LogP contribution in [0.2, 0.25) is 0 Å². The van der Waals surface area contributed by atoms with E-state index in [0.29, 0.717) is 5.56 Å². The third-order valence-corrected chi connectivity index (χ3v) is 7.37. The van der Waals surface area contributed by atoms with Crippen LogP contribution in [0.4, 0.5) is 14.4 Å². The van der Waals surface area contributed by atoms with Crippen molar-refractivity contribution < 1.29 is 77.4 Å². The summed E-state index contributed by atoms with van der Waals surface area (Å²) in [5, 5.41) is 31.2. The van der Waals surface area contributed by atoms with E-state index >= 15 is 0 Å². The van der Waals surface area contributed by atoms with Crippen LogP contribution in [0.5, 0.6) is 28.7 Å². The maximum Gasteiger partial charge on any atom is 0.519 e. The van der Waals surface area contributed by atoms with Gasteiger partial charge in [-0.25, -0.2) is 19.2 Å². The first-order valence-corrected chi connectivity index (χ1v) is 16.8. The Labute approximate surface area is 331 Å². The van der Waals surface area contributed by atoms with E-state index < -0.39 is 76.5 Å². The summed E-state index contributed by atoms with van der Waals surface area (Å²) in [6, 6.07) is 20.3. The summed E-state index contributed by atoms with van der Waals surface area (Å²) in [6.07, 6.45) is -4.22. The zero-order valence-electron chi connectivity index (χ0n) is 30.8. The van der Waals surface area contributed by atoms with Crippen molar-refractivity contribution >= 4 is 24.4 Å². The minimum absolute atomic E-state index is 0.0480.